The Hall–Kier alpha value is -2.46. The molecule has 2 amide bonds. The van der Waals surface area contributed by atoms with Crippen LogP contribution in [0, 0.1) is 5.41 Å². The number of aliphatic hydroxyl groups excluding tert-OH is 2. The largest absolute Gasteiger partial charge is 0.481 e. The van der Waals surface area contributed by atoms with Gasteiger partial charge in [-0.15, -0.1) is 0 Å². The minimum absolute atomic E-state index is 0.0219. The minimum atomic E-state index is -5.59. The fourth-order valence-electron chi connectivity index (χ4n) is 4.66. The van der Waals surface area contributed by atoms with Gasteiger partial charge in [0.05, 0.1) is 25.6 Å². The second kappa shape index (κ2) is 20.7. The van der Waals surface area contributed by atoms with E-state index < -0.39 is 90.6 Å². The normalized spacial score (nSPS) is 22.0. The zero-order chi connectivity index (χ0) is 42.9. The number of fused-ring (bicyclic) bond motifs is 1. The molecule has 0 radical (unpaired) electrons. The van der Waals surface area contributed by atoms with Gasteiger partial charge in [-0.25, -0.2) is 28.6 Å². The molecular formula is C26H43N8O18P3S2. The average molecular weight is 913 g/mol. The van der Waals surface area contributed by atoms with Crippen LogP contribution >= 0.6 is 47.0 Å². The summed E-state index contributed by atoms with van der Waals surface area (Å²) in [4.78, 5) is 98.5. The highest BCUT2D eigenvalue weighted by atomic mass is 32.2. The molecule has 31 heteroatoms. The lowest BCUT2D eigenvalue weighted by atomic mass is 9.87. The highest BCUT2D eigenvalue weighted by Gasteiger charge is 2.50. The van der Waals surface area contributed by atoms with E-state index in [-0.39, 0.29) is 58.2 Å². The van der Waals surface area contributed by atoms with Crippen LogP contribution < -0.4 is 22.1 Å². The summed E-state index contributed by atoms with van der Waals surface area (Å²) in [5.41, 5.74) is 9.92. The molecule has 0 spiro atoms. The second-order valence-corrected chi connectivity index (χ2v) is 19.2. The molecule has 12 N–H and O–H groups in total. The van der Waals surface area contributed by atoms with Gasteiger partial charge in [0.15, 0.2) is 22.8 Å². The predicted molar refractivity (Wildman–Crippen MR) is 198 cm³/mol. The molecule has 26 nitrogen and oxygen atoms in total. The zero-order valence-corrected chi connectivity index (χ0v) is 34.6. The Morgan fingerprint density at radius 3 is 2.35 bits per heavy atom. The Morgan fingerprint density at radius 2 is 1.70 bits per heavy atom. The van der Waals surface area contributed by atoms with Gasteiger partial charge in [0, 0.05) is 43.4 Å². The van der Waals surface area contributed by atoms with E-state index in [4.69, 9.17) is 25.3 Å². The van der Waals surface area contributed by atoms with Gasteiger partial charge in [-0.1, -0.05) is 37.4 Å². The van der Waals surface area contributed by atoms with Gasteiger partial charge in [0.1, 0.15) is 36.3 Å². The van der Waals surface area contributed by atoms with Crippen LogP contribution in [-0.4, -0.2) is 140 Å². The van der Waals surface area contributed by atoms with Crippen LogP contribution in [-0.2, 0) is 55.5 Å². The van der Waals surface area contributed by atoms with Crippen LogP contribution in [0.15, 0.2) is 12.7 Å². The van der Waals surface area contributed by atoms with E-state index in [1.807, 2.05) is 0 Å². The first-order valence-corrected chi connectivity index (χ1v) is 22.8. The number of carbonyl (C=O) groups is 4. The number of imidazole rings is 1. The maximum absolute atomic E-state index is 12.7. The zero-order valence-electron chi connectivity index (χ0n) is 30.3. The highest BCUT2D eigenvalue weighted by molar-refractivity contribution is 8.15. The number of thioether (sulfide) groups is 2. The number of nitrogens with one attached hydrogen (secondary N) is 2. The van der Waals surface area contributed by atoms with E-state index in [1.54, 1.807) is 0 Å². The van der Waals surface area contributed by atoms with Crippen LogP contribution in [0.1, 0.15) is 33.4 Å². The van der Waals surface area contributed by atoms with Crippen LogP contribution in [0.5, 0.6) is 0 Å². The van der Waals surface area contributed by atoms with Crippen molar-refractivity contribution in [1.29, 1.82) is 0 Å². The number of hydrogen-bond donors (Lipinski definition) is 10. The summed E-state index contributed by atoms with van der Waals surface area (Å²) in [6.07, 6.45) is -7.06. The Labute approximate surface area is 332 Å². The van der Waals surface area contributed by atoms with E-state index in [1.165, 1.54) is 20.8 Å². The Bertz CT molecular complexity index is 1900. The van der Waals surface area contributed by atoms with Crippen molar-refractivity contribution in [3.63, 3.8) is 0 Å². The van der Waals surface area contributed by atoms with Gasteiger partial charge in [-0.05, 0) is 0 Å². The molecule has 322 valence electrons. The third-order valence-corrected chi connectivity index (χ3v) is 12.5. The van der Waals surface area contributed by atoms with Gasteiger partial charge in [0.25, 0.3) is 0 Å². The summed E-state index contributed by atoms with van der Waals surface area (Å²) in [6.45, 7) is 1.61. The van der Waals surface area contributed by atoms with Crippen molar-refractivity contribution in [1.82, 2.24) is 30.2 Å². The van der Waals surface area contributed by atoms with Gasteiger partial charge < -0.3 is 56.6 Å². The van der Waals surface area contributed by atoms with E-state index in [0.717, 1.165) is 40.7 Å². The molecule has 1 saturated heterocycles. The molecule has 8 unspecified atom stereocenters. The molecule has 3 heterocycles. The molecule has 3 rings (SSSR count). The number of nitrogen functional groups attached to an aromatic ring is 1. The van der Waals surface area contributed by atoms with Crippen molar-refractivity contribution in [2.45, 2.75) is 63.9 Å². The van der Waals surface area contributed by atoms with Gasteiger partial charge in [0.2, 0.25) is 16.9 Å². The summed E-state index contributed by atoms with van der Waals surface area (Å²) in [7, 11) is -16.4. The summed E-state index contributed by atoms with van der Waals surface area (Å²) < 4.78 is 62.0. The molecule has 1 aliphatic rings. The Balaban J connectivity index is 1.47. The van der Waals surface area contributed by atoms with Gasteiger partial charge in [-0.2, -0.15) is 4.31 Å². The van der Waals surface area contributed by atoms with E-state index in [9.17, 15) is 62.7 Å². The number of hydrogen-bond acceptors (Lipinski definition) is 21. The lowest BCUT2D eigenvalue weighted by molar-refractivity contribution is -0.137. The molecular weight excluding hydrogens is 869 g/mol. The third kappa shape index (κ3) is 15.3. The fourth-order valence-corrected chi connectivity index (χ4v) is 8.87. The summed E-state index contributed by atoms with van der Waals surface area (Å²) in [6, 6.07) is -0.850. The maximum Gasteiger partial charge on any atom is 0.481 e. The van der Waals surface area contributed by atoms with Crippen LogP contribution in [0.2, 0.25) is 0 Å². The lowest BCUT2D eigenvalue weighted by Crippen LogP contribution is -2.46. The molecule has 57 heavy (non-hydrogen) atoms. The topological polar surface area (TPSA) is 407 Å². The third-order valence-electron chi connectivity index (χ3n) is 7.52. The Kier molecular flexibility index (Phi) is 17.7. The maximum atomic E-state index is 12.7. The number of rotatable bonds is 22. The van der Waals surface area contributed by atoms with E-state index >= 15 is 0 Å². The number of aliphatic hydroxyl groups is 2. The first-order chi connectivity index (χ1) is 26.3. The van der Waals surface area contributed by atoms with Gasteiger partial charge >= 0.3 is 23.5 Å². The molecule has 0 bridgehead atoms. The minimum Gasteiger partial charge on any atom is -0.386 e. The van der Waals surface area contributed by atoms with Crippen molar-refractivity contribution >= 4 is 86.0 Å². The summed E-state index contributed by atoms with van der Waals surface area (Å²) in [5.74, 6) is -1.23. The predicted octanol–water partition coefficient (Wildman–Crippen LogP) is -1.73. The van der Waals surface area contributed by atoms with E-state index in [0.29, 0.717) is 0 Å². The van der Waals surface area contributed by atoms with Crippen molar-refractivity contribution in [2.75, 3.05) is 43.5 Å². The van der Waals surface area contributed by atoms with Crippen LogP contribution in [0.3, 0.4) is 0 Å². The molecule has 0 saturated carbocycles. The first-order valence-electron chi connectivity index (χ1n) is 16.3. The SMILES string of the molecule is CC(=O)SCC(N)C(=O)SCCNC(=O)CCNC(=O)C(O)C(C)(C)COP(=O)(O)OP(=O)(O)OCC1OC(n2cnc3c(N)ncnc32)C(O)C1OP(=O)(O)O. The number of nitrogens with two attached hydrogens (primary N) is 2. The summed E-state index contributed by atoms with van der Waals surface area (Å²) >= 11 is 1.80. The number of nitrogens with zero attached hydrogens (tertiary/aromatic N) is 4. The average Bonchev–Trinajstić information content (AvgIpc) is 3.66. The van der Waals surface area contributed by atoms with Crippen LogP contribution in [0.4, 0.5) is 5.82 Å². The van der Waals surface area contributed by atoms with Crippen molar-refractivity contribution in [2.24, 2.45) is 11.1 Å². The number of aromatic nitrogens is 4. The molecule has 1 aliphatic heterocycles. The monoisotopic (exact) mass is 912 g/mol. The number of phosphoric acid groups is 3. The number of phosphoric ester groups is 3. The van der Waals surface area contributed by atoms with E-state index in [2.05, 4.69) is 34.4 Å². The first kappa shape index (κ1) is 48.9. The standard InChI is InChI=1S/C26H43N8O18P3S2/c1-13(35)57-9-14(27)25(40)56-7-6-29-16(36)4-5-30-23(39)20(38)26(2,3)10-49-55(46,47)52-54(44,45)48-8-15-19(51-53(41,42)43)18(37)24(50-15)34-12-33-17-21(28)31-11-32-22(17)34/h11-12,14-15,18-20,24,37-38H,4-10,27H2,1-3H3,(H,29,36)(H,30,39)(H,44,45)(H,46,47)(H2,28,31,32)(H2,41,42,43). The van der Waals surface area contributed by atoms with Crippen LogP contribution in [0.25, 0.3) is 11.2 Å². The second-order valence-electron chi connectivity index (χ2n) is 12.6. The molecule has 2 aromatic heterocycles. The highest BCUT2D eigenvalue weighted by Crippen LogP contribution is 2.61. The number of ether oxygens (including phenoxy) is 1. The Morgan fingerprint density at radius 1 is 1.04 bits per heavy atom. The number of amides is 2. The van der Waals surface area contributed by atoms with Crippen molar-refractivity contribution in [3.8, 4) is 0 Å². The van der Waals surface area contributed by atoms with Crippen molar-refractivity contribution in [3.05, 3.63) is 12.7 Å². The lowest BCUT2D eigenvalue weighted by Gasteiger charge is -2.30. The molecule has 0 aliphatic carbocycles. The quantitative estimate of drug-likeness (QED) is 0.0463. The van der Waals surface area contributed by atoms with Crippen molar-refractivity contribution < 1.29 is 85.3 Å². The fraction of sp³-hybridized carbons (Fsp3) is 0.654. The molecule has 1 fully saturated rings. The molecule has 2 aromatic rings. The molecule has 0 aromatic carbocycles. The van der Waals surface area contributed by atoms with Gasteiger partial charge in [-0.3, -0.25) is 37.3 Å². The molecule has 8 atom stereocenters. The number of carbonyl (C=O) groups excluding carboxylic acids is 4. The smallest absolute Gasteiger partial charge is 0.386 e. The summed E-state index contributed by atoms with van der Waals surface area (Å²) in [5, 5.41) is 25.7. The number of anilines is 1.